The molecule has 4 aromatic rings. The van der Waals surface area contributed by atoms with Gasteiger partial charge in [-0.05, 0) is 36.8 Å². The van der Waals surface area contributed by atoms with Crippen molar-refractivity contribution < 1.29 is 4.79 Å². The van der Waals surface area contributed by atoms with Crippen molar-refractivity contribution in [3.8, 4) is 16.9 Å². The number of thioether (sulfide) groups is 1. The number of aromatic nitrogens is 4. The molecular weight excluding hydrogens is 478 g/mol. The van der Waals surface area contributed by atoms with E-state index in [0.717, 1.165) is 21.4 Å². The zero-order valence-corrected chi connectivity index (χ0v) is 19.3. The molecule has 1 amide bonds. The largest absolute Gasteiger partial charge is 0.333 e. The maximum Gasteiger partial charge on any atom is 0.295 e. The first kappa shape index (κ1) is 21.2. The number of halogens is 1. The van der Waals surface area contributed by atoms with Crippen molar-refractivity contribution in [1.29, 1.82) is 0 Å². The van der Waals surface area contributed by atoms with Gasteiger partial charge in [0.05, 0.1) is 29.0 Å². The summed E-state index contributed by atoms with van der Waals surface area (Å²) in [6.45, 7) is 1.81. The third-order valence-corrected chi connectivity index (χ3v) is 6.28. The van der Waals surface area contributed by atoms with E-state index in [9.17, 15) is 9.59 Å². The van der Waals surface area contributed by atoms with Crippen LogP contribution >= 0.6 is 27.7 Å². The number of hydrogen-bond donors (Lipinski definition) is 2. The van der Waals surface area contributed by atoms with Crippen LogP contribution in [0.4, 0.5) is 5.69 Å². The van der Waals surface area contributed by atoms with Gasteiger partial charge in [-0.3, -0.25) is 14.3 Å². The molecule has 0 aliphatic heterocycles. The van der Waals surface area contributed by atoms with Crippen LogP contribution in [0.5, 0.6) is 0 Å². The van der Waals surface area contributed by atoms with Gasteiger partial charge in [-0.1, -0.05) is 58.0 Å². The third kappa shape index (κ3) is 4.52. The molecule has 2 aromatic carbocycles. The second-order valence-electron chi connectivity index (χ2n) is 6.88. The van der Waals surface area contributed by atoms with Crippen molar-refractivity contribution in [2.45, 2.75) is 12.1 Å². The predicted molar refractivity (Wildman–Crippen MR) is 127 cm³/mol. The highest BCUT2D eigenvalue weighted by Crippen LogP contribution is 2.23. The number of nitrogens with zero attached hydrogens (tertiary/aromatic N) is 3. The molecule has 0 fully saturated rings. The standard InChI is InChI=1S/C22H20BrN5O2S/c1-14-20(21(30)28(27(14)2)17-6-4-3-5-7-17)26-19(29)13-31-22-24-12-18(25-22)15-8-10-16(23)11-9-15/h3-12H,13H2,1-2H3,(H,24,25)(H,26,29). The van der Waals surface area contributed by atoms with Gasteiger partial charge in [-0.25, -0.2) is 9.67 Å². The van der Waals surface area contributed by atoms with Gasteiger partial charge >= 0.3 is 0 Å². The van der Waals surface area contributed by atoms with Crippen LogP contribution in [0.1, 0.15) is 5.69 Å². The normalized spacial score (nSPS) is 10.9. The summed E-state index contributed by atoms with van der Waals surface area (Å²) in [5.74, 6) is -0.135. The van der Waals surface area contributed by atoms with E-state index < -0.39 is 0 Å². The predicted octanol–water partition coefficient (Wildman–Crippen LogP) is 4.37. The lowest BCUT2D eigenvalue weighted by molar-refractivity contribution is -0.113. The Morgan fingerprint density at radius 1 is 1.16 bits per heavy atom. The van der Waals surface area contributed by atoms with Crippen LogP contribution in [0.3, 0.4) is 0 Å². The van der Waals surface area contributed by atoms with Gasteiger partial charge in [-0.15, -0.1) is 0 Å². The average molecular weight is 498 g/mol. The van der Waals surface area contributed by atoms with E-state index in [4.69, 9.17) is 0 Å². The van der Waals surface area contributed by atoms with Crippen LogP contribution in [0.15, 0.2) is 75.2 Å². The van der Waals surface area contributed by atoms with Gasteiger partial charge < -0.3 is 10.3 Å². The Balaban J connectivity index is 1.44. The Morgan fingerprint density at radius 3 is 2.58 bits per heavy atom. The molecule has 9 heteroatoms. The number of carbonyl (C=O) groups excluding carboxylic acids is 1. The summed E-state index contributed by atoms with van der Waals surface area (Å²) in [4.78, 5) is 33.0. The molecule has 0 radical (unpaired) electrons. The number of amides is 1. The fourth-order valence-electron chi connectivity index (χ4n) is 3.17. The number of nitrogens with one attached hydrogen (secondary N) is 2. The van der Waals surface area contributed by atoms with Crippen LogP contribution in [-0.4, -0.2) is 31.0 Å². The number of rotatable bonds is 6. The second kappa shape index (κ2) is 8.99. The van der Waals surface area contributed by atoms with Crippen molar-refractivity contribution in [2.24, 2.45) is 7.05 Å². The number of imidazole rings is 1. The molecule has 0 aliphatic carbocycles. The minimum absolute atomic E-state index is 0.131. The molecule has 7 nitrogen and oxygen atoms in total. The first-order chi connectivity index (χ1) is 14.9. The molecular formula is C22H20BrN5O2S. The molecule has 2 heterocycles. The van der Waals surface area contributed by atoms with Crippen molar-refractivity contribution in [3.63, 3.8) is 0 Å². The second-order valence-corrected chi connectivity index (χ2v) is 8.76. The van der Waals surface area contributed by atoms with Crippen molar-refractivity contribution in [3.05, 3.63) is 81.3 Å². The Kier molecular flexibility index (Phi) is 6.15. The molecule has 0 saturated heterocycles. The zero-order chi connectivity index (χ0) is 22.0. The summed E-state index contributed by atoms with van der Waals surface area (Å²) in [6.07, 6.45) is 1.74. The van der Waals surface area contributed by atoms with Crippen LogP contribution in [-0.2, 0) is 11.8 Å². The van der Waals surface area contributed by atoms with Gasteiger partial charge in [0.15, 0.2) is 5.16 Å². The summed E-state index contributed by atoms with van der Waals surface area (Å²) in [5, 5.41) is 3.40. The molecule has 0 unspecified atom stereocenters. The number of para-hydroxylation sites is 1. The highest BCUT2D eigenvalue weighted by molar-refractivity contribution is 9.10. The number of H-pyrrole nitrogens is 1. The number of aromatic amines is 1. The zero-order valence-electron chi connectivity index (χ0n) is 16.9. The quantitative estimate of drug-likeness (QED) is 0.387. The van der Waals surface area contributed by atoms with Gasteiger partial charge in [-0.2, -0.15) is 0 Å². The summed E-state index contributed by atoms with van der Waals surface area (Å²) < 4.78 is 4.27. The SMILES string of the molecule is Cc1c(NC(=O)CSc2ncc(-c3ccc(Br)cc3)[nH]2)c(=O)n(-c2ccccc2)n1C. The van der Waals surface area contributed by atoms with E-state index in [0.29, 0.717) is 10.9 Å². The summed E-state index contributed by atoms with van der Waals surface area (Å²) in [6, 6.07) is 17.2. The molecule has 2 aromatic heterocycles. The first-order valence-corrected chi connectivity index (χ1v) is 11.3. The number of carbonyl (C=O) groups is 1. The lowest BCUT2D eigenvalue weighted by Gasteiger charge is -2.07. The van der Waals surface area contributed by atoms with E-state index in [1.54, 1.807) is 24.9 Å². The van der Waals surface area contributed by atoms with E-state index in [2.05, 4.69) is 31.2 Å². The molecule has 0 atom stereocenters. The Bertz CT molecular complexity index is 1280. The monoisotopic (exact) mass is 497 g/mol. The minimum Gasteiger partial charge on any atom is -0.333 e. The van der Waals surface area contributed by atoms with Gasteiger partial charge in [0, 0.05) is 11.5 Å². The molecule has 0 spiro atoms. The molecule has 0 aliphatic rings. The van der Waals surface area contributed by atoms with Crippen LogP contribution in [0, 0.1) is 6.92 Å². The van der Waals surface area contributed by atoms with Gasteiger partial charge in [0.25, 0.3) is 5.56 Å². The number of anilines is 1. The molecule has 158 valence electrons. The summed E-state index contributed by atoms with van der Waals surface area (Å²) in [7, 11) is 1.79. The third-order valence-electron chi connectivity index (χ3n) is 4.87. The number of benzene rings is 2. The lowest BCUT2D eigenvalue weighted by atomic mass is 10.2. The molecule has 4 rings (SSSR count). The van der Waals surface area contributed by atoms with E-state index in [1.807, 2.05) is 54.6 Å². The van der Waals surface area contributed by atoms with Crippen LogP contribution in [0.25, 0.3) is 16.9 Å². The van der Waals surface area contributed by atoms with Crippen LogP contribution in [0.2, 0.25) is 0 Å². The average Bonchev–Trinajstić information content (AvgIpc) is 3.33. The summed E-state index contributed by atoms with van der Waals surface area (Å²) in [5.41, 5.74) is 3.33. The van der Waals surface area contributed by atoms with E-state index in [1.165, 1.54) is 16.4 Å². The topological polar surface area (TPSA) is 84.7 Å². The Labute approximate surface area is 191 Å². The summed E-state index contributed by atoms with van der Waals surface area (Å²) >= 11 is 4.70. The van der Waals surface area contributed by atoms with Crippen molar-refractivity contribution in [1.82, 2.24) is 19.3 Å². The van der Waals surface area contributed by atoms with Gasteiger partial charge in [0.1, 0.15) is 5.69 Å². The van der Waals surface area contributed by atoms with Gasteiger partial charge in [0.2, 0.25) is 5.91 Å². The van der Waals surface area contributed by atoms with E-state index in [-0.39, 0.29) is 22.9 Å². The minimum atomic E-state index is -0.266. The molecule has 31 heavy (non-hydrogen) atoms. The first-order valence-electron chi connectivity index (χ1n) is 9.51. The number of hydrogen-bond acceptors (Lipinski definition) is 4. The van der Waals surface area contributed by atoms with Crippen LogP contribution < -0.4 is 10.9 Å². The fourth-order valence-corrected chi connectivity index (χ4v) is 4.09. The molecule has 0 bridgehead atoms. The fraction of sp³-hybridized carbons (Fsp3) is 0.136. The Hall–Kier alpha value is -3.04. The Morgan fingerprint density at radius 2 is 1.87 bits per heavy atom. The highest BCUT2D eigenvalue weighted by Gasteiger charge is 2.18. The lowest BCUT2D eigenvalue weighted by Crippen LogP contribution is -2.23. The van der Waals surface area contributed by atoms with Crippen molar-refractivity contribution >= 4 is 39.3 Å². The maximum atomic E-state index is 12.9. The smallest absolute Gasteiger partial charge is 0.295 e. The molecule has 2 N–H and O–H groups in total. The highest BCUT2D eigenvalue weighted by atomic mass is 79.9. The van der Waals surface area contributed by atoms with E-state index >= 15 is 0 Å². The van der Waals surface area contributed by atoms with Crippen molar-refractivity contribution in [2.75, 3.05) is 11.1 Å². The maximum absolute atomic E-state index is 12.9. The molecule has 0 saturated carbocycles.